The predicted molar refractivity (Wildman–Crippen MR) is 75.5 cm³/mol. The number of thiol groups is 1. The molecule has 0 saturated heterocycles. The minimum Gasteiger partial charge on any atom is -0.392 e. The van der Waals surface area contributed by atoms with Gasteiger partial charge >= 0.3 is 11.9 Å². The number of nitrogens with two attached hydrogens (primary N) is 1. The zero-order valence-electron chi connectivity index (χ0n) is 11.2. The van der Waals surface area contributed by atoms with E-state index in [1.54, 1.807) is 0 Å². The van der Waals surface area contributed by atoms with Gasteiger partial charge in [-0.05, 0) is 6.42 Å². The van der Waals surface area contributed by atoms with E-state index in [4.69, 9.17) is 5.73 Å². The van der Waals surface area contributed by atoms with E-state index in [9.17, 15) is 9.59 Å². The van der Waals surface area contributed by atoms with E-state index in [1.807, 2.05) is 0 Å². The Morgan fingerprint density at radius 2 is 1.67 bits per heavy atom. The molecule has 0 rings (SSSR count). The van der Waals surface area contributed by atoms with Crippen molar-refractivity contribution in [3.05, 3.63) is 0 Å². The van der Waals surface area contributed by atoms with Crippen molar-refractivity contribution in [2.45, 2.75) is 64.3 Å². The zero-order chi connectivity index (χ0) is 13.8. The molecule has 0 aromatic rings. The molecule has 18 heavy (non-hydrogen) atoms. The van der Waals surface area contributed by atoms with Crippen molar-refractivity contribution in [1.29, 1.82) is 0 Å². The molecule has 0 aromatic carbocycles. The van der Waals surface area contributed by atoms with Crippen molar-refractivity contribution in [3.8, 4) is 0 Å². The molecule has 0 aliphatic heterocycles. The lowest BCUT2D eigenvalue weighted by atomic mass is 10.1. The quantitative estimate of drug-likeness (QED) is 0.278. The van der Waals surface area contributed by atoms with Crippen LogP contribution in [0.3, 0.4) is 0 Å². The third kappa shape index (κ3) is 9.48. The third-order valence-electron chi connectivity index (χ3n) is 2.70. The van der Waals surface area contributed by atoms with E-state index in [0.29, 0.717) is 6.42 Å². The van der Waals surface area contributed by atoms with Gasteiger partial charge in [-0.3, -0.25) is 4.79 Å². The van der Waals surface area contributed by atoms with Crippen LogP contribution in [-0.2, 0) is 14.3 Å². The second kappa shape index (κ2) is 11.5. The number of rotatable bonds is 10. The van der Waals surface area contributed by atoms with Gasteiger partial charge in [-0.2, -0.15) is 12.6 Å². The summed E-state index contributed by atoms with van der Waals surface area (Å²) in [5.41, 5.74) is 5.38. The third-order valence-corrected chi connectivity index (χ3v) is 3.09. The second-order valence-electron chi connectivity index (χ2n) is 4.45. The van der Waals surface area contributed by atoms with Gasteiger partial charge in [-0.15, -0.1) is 0 Å². The fraction of sp³-hybridized carbons (Fsp3) is 0.846. The summed E-state index contributed by atoms with van der Waals surface area (Å²) in [6, 6.07) is -0.814. The monoisotopic (exact) mass is 275 g/mol. The molecule has 0 saturated carbocycles. The Hall–Kier alpha value is -0.550. The van der Waals surface area contributed by atoms with Crippen molar-refractivity contribution < 1.29 is 14.3 Å². The zero-order valence-corrected chi connectivity index (χ0v) is 12.1. The van der Waals surface area contributed by atoms with Crippen LogP contribution in [0, 0.1) is 0 Å². The number of hydrogen-bond donors (Lipinski definition) is 2. The van der Waals surface area contributed by atoms with E-state index in [2.05, 4.69) is 24.3 Å². The van der Waals surface area contributed by atoms with Crippen molar-refractivity contribution in [3.63, 3.8) is 0 Å². The molecule has 0 amide bonds. The lowest BCUT2D eigenvalue weighted by Gasteiger charge is -2.07. The molecule has 0 spiro atoms. The molecule has 0 aliphatic rings. The first-order valence-electron chi connectivity index (χ1n) is 6.72. The molecule has 0 aromatic heterocycles. The van der Waals surface area contributed by atoms with Gasteiger partial charge in [0.05, 0.1) is 0 Å². The molecular weight excluding hydrogens is 250 g/mol. The fourth-order valence-electron chi connectivity index (χ4n) is 1.54. The lowest BCUT2D eigenvalue weighted by Crippen LogP contribution is -2.35. The highest BCUT2D eigenvalue weighted by Gasteiger charge is 2.16. The van der Waals surface area contributed by atoms with Crippen LogP contribution in [0.5, 0.6) is 0 Å². The van der Waals surface area contributed by atoms with Crippen LogP contribution in [0.25, 0.3) is 0 Å². The van der Waals surface area contributed by atoms with Gasteiger partial charge in [-0.1, -0.05) is 45.4 Å². The van der Waals surface area contributed by atoms with Crippen LogP contribution < -0.4 is 5.73 Å². The van der Waals surface area contributed by atoms with E-state index in [0.717, 1.165) is 19.3 Å². The molecule has 1 unspecified atom stereocenters. The molecular formula is C13H25NO3S. The highest BCUT2D eigenvalue weighted by molar-refractivity contribution is 7.80. The first-order valence-corrected chi connectivity index (χ1v) is 7.36. The van der Waals surface area contributed by atoms with Crippen molar-refractivity contribution in [1.82, 2.24) is 0 Å². The number of ether oxygens (including phenoxy) is 1. The maximum atomic E-state index is 11.3. The molecule has 0 fully saturated rings. The van der Waals surface area contributed by atoms with E-state index < -0.39 is 18.0 Å². The molecule has 2 N–H and O–H groups in total. The largest absolute Gasteiger partial charge is 0.392 e. The van der Waals surface area contributed by atoms with E-state index in [1.165, 1.54) is 25.7 Å². The second-order valence-corrected chi connectivity index (χ2v) is 4.82. The van der Waals surface area contributed by atoms with Crippen molar-refractivity contribution >= 4 is 24.6 Å². The topological polar surface area (TPSA) is 69.4 Å². The number of carbonyl (C=O) groups excluding carboxylic acids is 2. The minimum absolute atomic E-state index is 0.184. The van der Waals surface area contributed by atoms with Gasteiger partial charge in [0.2, 0.25) is 0 Å². The molecule has 106 valence electrons. The highest BCUT2D eigenvalue weighted by atomic mass is 32.1. The molecule has 5 heteroatoms. The standard InChI is InChI=1S/C13H25NO3S/c1-2-3-4-5-6-7-8-9-12(15)17-13(16)11(14)10-18/h11,18H,2-10,14H2,1H3. The van der Waals surface area contributed by atoms with Crippen LogP contribution in [0.2, 0.25) is 0 Å². The average Bonchev–Trinajstić information content (AvgIpc) is 2.36. The summed E-state index contributed by atoms with van der Waals surface area (Å²) in [7, 11) is 0. The Kier molecular flexibility index (Phi) is 11.2. The smallest absolute Gasteiger partial charge is 0.331 e. The maximum Gasteiger partial charge on any atom is 0.331 e. The summed E-state index contributed by atoms with van der Waals surface area (Å²) >= 11 is 3.87. The summed E-state index contributed by atoms with van der Waals surface area (Å²) in [5, 5.41) is 0. The Balaban J connectivity index is 3.45. The molecule has 0 radical (unpaired) electrons. The Morgan fingerprint density at radius 3 is 2.22 bits per heavy atom. The lowest BCUT2D eigenvalue weighted by molar-refractivity contribution is -0.160. The molecule has 4 nitrogen and oxygen atoms in total. The number of esters is 2. The minimum atomic E-state index is -0.814. The normalized spacial score (nSPS) is 12.2. The van der Waals surface area contributed by atoms with Gasteiger partial charge < -0.3 is 10.5 Å². The summed E-state index contributed by atoms with van der Waals surface area (Å²) in [4.78, 5) is 22.5. The first-order chi connectivity index (χ1) is 8.61. The van der Waals surface area contributed by atoms with Gasteiger partial charge in [0.1, 0.15) is 6.04 Å². The summed E-state index contributed by atoms with van der Waals surface area (Å²) in [5.74, 6) is -0.979. The molecule has 0 heterocycles. The number of hydrogen-bond acceptors (Lipinski definition) is 5. The van der Waals surface area contributed by atoms with Gasteiger partial charge in [0.15, 0.2) is 0 Å². The van der Waals surface area contributed by atoms with Crippen LogP contribution in [0.1, 0.15) is 58.3 Å². The summed E-state index contributed by atoms with van der Waals surface area (Å²) in [6.07, 6.45) is 8.19. The SMILES string of the molecule is CCCCCCCCCC(=O)OC(=O)C(N)CS. The van der Waals surface area contributed by atoms with Crippen LogP contribution >= 0.6 is 12.6 Å². The molecule has 0 aliphatic carbocycles. The van der Waals surface area contributed by atoms with E-state index in [-0.39, 0.29) is 5.75 Å². The summed E-state index contributed by atoms with van der Waals surface area (Å²) < 4.78 is 4.60. The number of carbonyl (C=O) groups is 2. The number of unbranched alkanes of at least 4 members (excludes halogenated alkanes) is 6. The van der Waals surface area contributed by atoms with Crippen molar-refractivity contribution in [2.75, 3.05) is 5.75 Å². The van der Waals surface area contributed by atoms with Crippen LogP contribution in [0.4, 0.5) is 0 Å². The first kappa shape index (κ1) is 17.4. The van der Waals surface area contributed by atoms with Crippen LogP contribution in [-0.4, -0.2) is 23.7 Å². The Labute approximate surface area is 115 Å². The van der Waals surface area contributed by atoms with Crippen molar-refractivity contribution in [2.24, 2.45) is 5.73 Å². The Morgan fingerprint density at radius 1 is 1.11 bits per heavy atom. The van der Waals surface area contributed by atoms with Gasteiger partial charge in [0, 0.05) is 12.2 Å². The summed E-state index contributed by atoms with van der Waals surface area (Å²) in [6.45, 7) is 2.18. The maximum absolute atomic E-state index is 11.3. The molecule has 1 atom stereocenters. The van der Waals surface area contributed by atoms with E-state index >= 15 is 0 Å². The average molecular weight is 275 g/mol. The van der Waals surface area contributed by atoms with Gasteiger partial charge in [0.25, 0.3) is 0 Å². The van der Waals surface area contributed by atoms with Crippen LogP contribution in [0.15, 0.2) is 0 Å². The fourth-order valence-corrected chi connectivity index (χ4v) is 1.69. The highest BCUT2D eigenvalue weighted by Crippen LogP contribution is 2.08. The molecule has 0 bridgehead atoms. The van der Waals surface area contributed by atoms with Gasteiger partial charge in [-0.25, -0.2) is 4.79 Å². The predicted octanol–water partition coefficient (Wildman–Crippen LogP) is 2.45. The Bertz CT molecular complexity index is 246.